The maximum Gasteiger partial charge on any atom is 0.336 e. The van der Waals surface area contributed by atoms with Gasteiger partial charge in [-0.3, -0.25) is 0 Å². The molecule has 1 atom stereocenters. The standard InChI is InChI=1S/C13H19BrN2O4S/c1-8(16(3)4)7-15-21(19,20)10-5-11(13(17)18)9(2)12(14)6-10/h5-6,8,15H,7H2,1-4H3,(H,17,18). The molecule has 8 heteroatoms. The normalized spacial score (nSPS) is 13.4. The second-order valence-corrected chi connectivity index (χ2v) is 7.67. The van der Waals surface area contributed by atoms with Crippen LogP contribution in [0.25, 0.3) is 0 Å². The van der Waals surface area contributed by atoms with E-state index in [4.69, 9.17) is 5.11 Å². The zero-order chi connectivity index (χ0) is 16.4. The number of halogens is 1. The summed E-state index contributed by atoms with van der Waals surface area (Å²) in [5.41, 5.74) is 0.452. The van der Waals surface area contributed by atoms with E-state index >= 15 is 0 Å². The number of sulfonamides is 1. The van der Waals surface area contributed by atoms with Crippen LogP contribution in [0.1, 0.15) is 22.8 Å². The number of benzene rings is 1. The molecule has 1 aromatic carbocycles. The Kier molecular flexibility index (Phi) is 5.92. The summed E-state index contributed by atoms with van der Waals surface area (Å²) in [6, 6.07) is 2.60. The summed E-state index contributed by atoms with van der Waals surface area (Å²) >= 11 is 3.20. The van der Waals surface area contributed by atoms with E-state index in [1.165, 1.54) is 12.1 Å². The van der Waals surface area contributed by atoms with Crippen molar-refractivity contribution in [1.82, 2.24) is 9.62 Å². The molecule has 1 unspecified atom stereocenters. The Morgan fingerprint density at radius 3 is 2.48 bits per heavy atom. The van der Waals surface area contributed by atoms with Gasteiger partial charge < -0.3 is 10.0 Å². The van der Waals surface area contributed by atoms with Crippen LogP contribution in [-0.2, 0) is 10.0 Å². The van der Waals surface area contributed by atoms with Gasteiger partial charge in [0.2, 0.25) is 10.0 Å². The molecule has 0 radical (unpaired) electrons. The van der Waals surface area contributed by atoms with Crippen LogP contribution in [-0.4, -0.2) is 51.1 Å². The van der Waals surface area contributed by atoms with Crippen molar-refractivity contribution in [3.8, 4) is 0 Å². The van der Waals surface area contributed by atoms with Crippen molar-refractivity contribution >= 4 is 31.9 Å². The fourth-order valence-corrected chi connectivity index (χ4v) is 3.31. The minimum Gasteiger partial charge on any atom is -0.478 e. The van der Waals surface area contributed by atoms with Crippen LogP contribution in [0.5, 0.6) is 0 Å². The fourth-order valence-electron chi connectivity index (χ4n) is 1.53. The van der Waals surface area contributed by atoms with Crippen LogP contribution >= 0.6 is 15.9 Å². The van der Waals surface area contributed by atoms with Crippen molar-refractivity contribution in [3.05, 3.63) is 27.7 Å². The van der Waals surface area contributed by atoms with Gasteiger partial charge in [-0.1, -0.05) is 15.9 Å². The Labute approximate surface area is 133 Å². The Morgan fingerprint density at radius 1 is 1.43 bits per heavy atom. The minimum absolute atomic E-state index is 0.0209. The van der Waals surface area contributed by atoms with E-state index in [0.29, 0.717) is 10.0 Å². The molecule has 21 heavy (non-hydrogen) atoms. The summed E-state index contributed by atoms with van der Waals surface area (Å²) in [6.07, 6.45) is 0. The van der Waals surface area contributed by atoms with Crippen LogP contribution in [0.15, 0.2) is 21.5 Å². The van der Waals surface area contributed by atoms with Crippen molar-refractivity contribution in [2.45, 2.75) is 24.8 Å². The molecule has 0 aliphatic heterocycles. The molecule has 0 saturated carbocycles. The zero-order valence-corrected chi connectivity index (χ0v) is 14.7. The average molecular weight is 379 g/mol. The van der Waals surface area contributed by atoms with Crippen LogP contribution in [0, 0.1) is 6.92 Å². The summed E-state index contributed by atoms with van der Waals surface area (Å²) in [4.78, 5) is 13.0. The molecule has 2 N–H and O–H groups in total. The van der Waals surface area contributed by atoms with Crippen molar-refractivity contribution in [2.24, 2.45) is 0 Å². The number of hydrogen-bond donors (Lipinski definition) is 2. The summed E-state index contributed by atoms with van der Waals surface area (Å²) in [6.45, 7) is 3.74. The van der Waals surface area contributed by atoms with E-state index in [2.05, 4.69) is 20.7 Å². The van der Waals surface area contributed by atoms with Gasteiger partial charge in [0.1, 0.15) is 0 Å². The molecule has 0 amide bonds. The van der Waals surface area contributed by atoms with Gasteiger partial charge in [0, 0.05) is 17.1 Å². The third-order valence-corrected chi connectivity index (χ3v) is 5.54. The second kappa shape index (κ2) is 6.87. The topological polar surface area (TPSA) is 86.7 Å². The van der Waals surface area contributed by atoms with E-state index in [1.54, 1.807) is 6.92 Å². The number of rotatable bonds is 6. The lowest BCUT2D eigenvalue weighted by atomic mass is 10.1. The second-order valence-electron chi connectivity index (χ2n) is 5.05. The Bertz CT molecular complexity index is 644. The maximum atomic E-state index is 12.3. The first-order valence-corrected chi connectivity index (χ1v) is 8.53. The van der Waals surface area contributed by atoms with Crippen molar-refractivity contribution in [3.63, 3.8) is 0 Å². The SMILES string of the molecule is Cc1c(Br)cc(S(=O)(=O)NCC(C)N(C)C)cc1C(=O)O. The quantitative estimate of drug-likeness (QED) is 0.786. The number of nitrogens with one attached hydrogen (secondary N) is 1. The molecule has 0 heterocycles. The molecule has 0 fully saturated rings. The van der Waals surface area contributed by atoms with Gasteiger partial charge in [-0.25, -0.2) is 17.9 Å². The lowest BCUT2D eigenvalue weighted by Gasteiger charge is -2.20. The molecule has 1 rings (SSSR count). The number of likely N-dealkylation sites (N-methyl/N-ethyl adjacent to an activating group) is 1. The molecule has 118 valence electrons. The van der Waals surface area contributed by atoms with Crippen molar-refractivity contribution in [1.29, 1.82) is 0 Å². The third-order valence-electron chi connectivity index (χ3n) is 3.31. The largest absolute Gasteiger partial charge is 0.478 e. The Hall–Kier alpha value is -0.960. The lowest BCUT2D eigenvalue weighted by molar-refractivity contribution is 0.0695. The number of hydrogen-bond acceptors (Lipinski definition) is 4. The molecule has 0 bridgehead atoms. The highest BCUT2D eigenvalue weighted by Crippen LogP contribution is 2.25. The average Bonchev–Trinajstić information content (AvgIpc) is 2.38. The molecule has 0 aliphatic rings. The van der Waals surface area contributed by atoms with Gasteiger partial charge in [-0.05, 0) is 45.6 Å². The number of nitrogens with zero attached hydrogens (tertiary/aromatic N) is 1. The zero-order valence-electron chi connectivity index (χ0n) is 12.3. The van der Waals surface area contributed by atoms with Gasteiger partial charge in [-0.15, -0.1) is 0 Å². The number of carboxylic acid groups (broad SMARTS) is 1. The van der Waals surface area contributed by atoms with Gasteiger partial charge in [0.25, 0.3) is 0 Å². The highest BCUT2D eigenvalue weighted by Gasteiger charge is 2.20. The highest BCUT2D eigenvalue weighted by atomic mass is 79.9. The predicted molar refractivity (Wildman–Crippen MR) is 84.2 cm³/mol. The molecular formula is C13H19BrN2O4S. The van der Waals surface area contributed by atoms with E-state index < -0.39 is 16.0 Å². The van der Waals surface area contributed by atoms with Crippen molar-refractivity contribution in [2.75, 3.05) is 20.6 Å². The van der Waals surface area contributed by atoms with E-state index in [0.717, 1.165) is 0 Å². The summed E-state index contributed by atoms with van der Waals surface area (Å²) in [7, 11) is -0.0518. The van der Waals surface area contributed by atoms with Crippen LogP contribution < -0.4 is 4.72 Å². The van der Waals surface area contributed by atoms with Gasteiger partial charge in [0.15, 0.2) is 0 Å². The van der Waals surface area contributed by atoms with Crippen LogP contribution in [0.2, 0.25) is 0 Å². The summed E-state index contributed by atoms with van der Waals surface area (Å²) in [5.74, 6) is -1.16. The lowest BCUT2D eigenvalue weighted by Crippen LogP contribution is -2.38. The number of carbonyl (C=O) groups is 1. The predicted octanol–water partition coefficient (Wildman–Crippen LogP) is 1.68. The molecule has 6 nitrogen and oxygen atoms in total. The molecule has 0 aliphatic carbocycles. The fraction of sp³-hybridized carbons (Fsp3) is 0.462. The Balaban J connectivity index is 3.12. The maximum absolute atomic E-state index is 12.3. The van der Waals surface area contributed by atoms with Gasteiger partial charge >= 0.3 is 5.97 Å². The molecular weight excluding hydrogens is 360 g/mol. The molecule has 0 aromatic heterocycles. The summed E-state index contributed by atoms with van der Waals surface area (Å²) in [5, 5.41) is 9.13. The van der Waals surface area contributed by atoms with E-state index in [-0.39, 0.29) is 23.0 Å². The van der Waals surface area contributed by atoms with Crippen LogP contribution in [0.4, 0.5) is 0 Å². The van der Waals surface area contributed by atoms with Gasteiger partial charge in [-0.2, -0.15) is 0 Å². The number of aromatic carboxylic acids is 1. The smallest absolute Gasteiger partial charge is 0.336 e. The van der Waals surface area contributed by atoms with Crippen molar-refractivity contribution < 1.29 is 18.3 Å². The third kappa shape index (κ3) is 4.50. The van der Waals surface area contributed by atoms with E-state index in [9.17, 15) is 13.2 Å². The van der Waals surface area contributed by atoms with Gasteiger partial charge in [0.05, 0.1) is 10.5 Å². The molecule has 0 saturated heterocycles. The van der Waals surface area contributed by atoms with Crippen LogP contribution in [0.3, 0.4) is 0 Å². The monoisotopic (exact) mass is 378 g/mol. The molecule has 0 spiro atoms. The Morgan fingerprint density at radius 2 is 2.00 bits per heavy atom. The first-order valence-electron chi connectivity index (χ1n) is 6.25. The minimum atomic E-state index is -3.75. The molecule has 1 aromatic rings. The first-order chi connectivity index (χ1) is 9.56. The van der Waals surface area contributed by atoms with E-state index in [1.807, 2.05) is 25.9 Å². The highest BCUT2D eigenvalue weighted by molar-refractivity contribution is 9.10. The first kappa shape index (κ1) is 18.1. The summed E-state index contributed by atoms with van der Waals surface area (Å²) < 4.78 is 27.4. The number of carboxylic acids is 1.